The molecule has 1 aromatic heterocycles. The normalized spacial score (nSPS) is 22.0. The molecule has 0 aliphatic carbocycles. The number of nitrogen functional groups attached to an aromatic ring is 1. The molecule has 9 nitrogen and oxygen atoms in total. The highest BCUT2D eigenvalue weighted by Crippen LogP contribution is 2.27. The second-order valence-electron chi connectivity index (χ2n) is 4.95. The Kier molecular flexibility index (Phi) is 4.29. The number of nitrogens with zero attached hydrogens (tertiary/aromatic N) is 3. The van der Waals surface area contributed by atoms with Crippen molar-refractivity contribution in [2.75, 3.05) is 30.4 Å². The summed E-state index contributed by atoms with van der Waals surface area (Å²) in [5, 5.41) is 12.9. The van der Waals surface area contributed by atoms with E-state index in [0.29, 0.717) is 0 Å². The zero-order valence-corrected chi connectivity index (χ0v) is 13.1. The predicted molar refractivity (Wildman–Crippen MR) is 75.7 cm³/mol. The van der Waals surface area contributed by atoms with Crippen LogP contribution < -0.4 is 5.73 Å². The van der Waals surface area contributed by atoms with Crippen molar-refractivity contribution in [1.82, 2.24) is 14.1 Å². The van der Waals surface area contributed by atoms with Gasteiger partial charge in [0.25, 0.3) is 0 Å². The standard InChI is InChI=1S/C10H18N4O5S2/c1-13-6-9(10(11)12-13)21(18,19)14(3-4-15)8-2-5-20(16,17)7-8/h6,8,15H,2-5,7H2,1H3,(H2,11,12). The van der Waals surface area contributed by atoms with Gasteiger partial charge >= 0.3 is 0 Å². The van der Waals surface area contributed by atoms with Gasteiger partial charge < -0.3 is 10.8 Å². The maximum atomic E-state index is 12.6. The number of hydrogen-bond donors (Lipinski definition) is 2. The first kappa shape index (κ1) is 16.2. The molecule has 1 saturated heterocycles. The van der Waals surface area contributed by atoms with Crippen molar-refractivity contribution in [1.29, 1.82) is 0 Å². The van der Waals surface area contributed by atoms with Crippen LogP contribution in [0.5, 0.6) is 0 Å². The van der Waals surface area contributed by atoms with E-state index in [2.05, 4.69) is 5.10 Å². The van der Waals surface area contributed by atoms with E-state index < -0.39 is 32.5 Å². The minimum absolute atomic E-state index is 0.0579. The Bertz CT molecular complexity index is 725. The lowest BCUT2D eigenvalue weighted by atomic mass is 10.3. The van der Waals surface area contributed by atoms with E-state index in [4.69, 9.17) is 10.8 Å². The van der Waals surface area contributed by atoms with E-state index in [0.717, 1.165) is 4.31 Å². The van der Waals surface area contributed by atoms with Crippen LogP contribution in [0.15, 0.2) is 11.1 Å². The van der Waals surface area contributed by atoms with Gasteiger partial charge in [0.15, 0.2) is 15.7 Å². The van der Waals surface area contributed by atoms with E-state index in [1.165, 1.54) is 17.9 Å². The minimum atomic E-state index is -4.01. The summed E-state index contributed by atoms with van der Waals surface area (Å²) in [6.07, 6.45) is 1.47. The van der Waals surface area contributed by atoms with Gasteiger partial charge in [-0.15, -0.1) is 0 Å². The van der Waals surface area contributed by atoms with Crippen LogP contribution >= 0.6 is 0 Å². The first-order valence-electron chi connectivity index (χ1n) is 6.29. The highest BCUT2D eigenvalue weighted by atomic mass is 32.2. The fourth-order valence-electron chi connectivity index (χ4n) is 2.41. The van der Waals surface area contributed by atoms with Crippen molar-refractivity contribution < 1.29 is 21.9 Å². The molecule has 1 aliphatic rings. The molecular weight excluding hydrogens is 320 g/mol. The SMILES string of the molecule is Cn1cc(S(=O)(=O)N(CCO)C2CCS(=O)(=O)C2)c(N)n1. The Balaban J connectivity index is 2.40. The van der Waals surface area contributed by atoms with Crippen molar-refractivity contribution in [2.24, 2.45) is 7.05 Å². The number of anilines is 1. The van der Waals surface area contributed by atoms with Gasteiger partial charge in [-0.25, -0.2) is 16.8 Å². The molecule has 0 amide bonds. The van der Waals surface area contributed by atoms with Gasteiger partial charge in [0.05, 0.1) is 18.1 Å². The number of aliphatic hydroxyl groups is 1. The van der Waals surface area contributed by atoms with Crippen LogP contribution in [0.1, 0.15) is 6.42 Å². The lowest BCUT2D eigenvalue weighted by Crippen LogP contribution is -2.42. The molecule has 11 heteroatoms. The van der Waals surface area contributed by atoms with Crippen molar-refractivity contribution >= 4 is 25.7 Å². The van der Waals surface area contributed by atoms with Gasteiger partial charge in [-0.2, -0.15) is 9.40 Å². The zero-order valence-electron chi connectivity index (χ0n) is 11.5. The second kappa shape index (κ2) is 5.55. The molecule has 0 saturated carbocycles. The molecule has 0 spiro atoms. The molecule has 2 heterocycles. The average Bonchev–Trinajstić information content (AvgIpc) is 2.88. The topological polar surface area (TPSA) is 136 Å². The summed E-state index contributed by atoms with van der Waals surface area (Å²) in [5.41, 5.74) is 5.59. The van der Waals surface area contributed by atoms with E-state index in [1.54, 1.807) is 0 Å². The molecule has 1 unspecified atom stereocenters. The fraction of sp³-hybridized carbons (Fsp3) is 0.700. The summed E-state index contributed by atoms with van der Waals surface area (Å²) in [5.74, 6) is -0.453. The highest BCUT2D eigenvalue weighted by Gasteiger charge is 2.39. The Morgan fingerprint density at radius 3 is 2.67 bits per heavy atom. The van der Waals surface area contributed by atoms with Crippen LogP contribution in [-0.2, 0) is 26.9 Å². The number of aliphatic hydroxyl groups excluding tert-OH is 1. The zero-order chi connectivity index (χ0) is 15.8. The lowest BCUT2D eigenvalue weighted by Gasteiger charge is -2.26. The van der Waals surface area contributed by atoms with Gasteiger partial charge in [-0.05, 0) is 6.42 Å². The molecule has 120 valence electrons. The first-order chi connectivity index (χ1) is 9.67. The number of sulfone groups is 1. The smallest absolute Gasteiger partial charge is 0.248 e. The number of rotatable bonds is 5. The minimum Gasteiger partial charge on any atom is -0.395 e. The Hall–Kier alpha value is -1.17. The Morgan fingerprint density at radius 2 is 2.24 bits per heavy atom. The van der Waals surface area contributed by atoms with Crippen molar-refractivity contribution in [3.05, 3.63) is 6.20 Å². The third-order valence-corrected chi connectivity index (χ3v) is 7.06. The van der Waals surface area contributed by atoms with Crippen molar-refractivity contribution in [2.45, 2.75) is 17.4 Å². The molecule has 0 radical (unpaired) electrons. The summed E-state index contributed by atoms with van der Waals surface area (Å²) in [6, 6.07) is -0.688. The molecule has 1 fully saturated rings. The molecule has 2 rings (SSSR count). The van der Waals surface area contributed by atoms with Crippen LogP contribution in [0.25, 0.3) is 0 Å². The Labute approximate surface area is 123 Å². The van der Waals surface area contributed by atoms with Gasteiger partial charge in [-0.1, -0.05) is 0 Å². The van der Waals surface area contributed by atoms with E-state index in [9.17, 15) is 16.8 Å². The second-order valence-corrected chi connectivity index (χ2v) is 9.04. The van der Waals surface area contributed by atoms with Crippen LogP contribution in [0.4, 0.5) is 5.82 Å². The number of sulfonamides is 1. The predicted octanol–water partition coefficient (Wildman–Crippen LogP) is -1.83. The summed E-state index contributed by atoms with van der Waals surface area (Å²) < 4.78 is 50.7. The van der Waals surface area contributed by atoms with Gasteiger partial charge in [0, 0.05) is 25.8 Å². The summed E-state index contributed by atoms with van der Waals surface area (Å²) in [7, 11) is -5.72. The molecule has 1 aromatic rings. The van der Waals surface area contributed by atoms with Gasteiger partial charge in [0.2, 0.25) is 10.0 Å². The van der Waals surface area contributed by atoms with Crippen LogP contribution in [0.3, 0.4) is 0 Å². The number of aryl methyl sites for hydroxylation is 1. The number of nitrogens with two attached hydrogens (primary N) is 1. The molecule has 0 aromatic carbocycles. The first-order valence-corrected chi connectivity index (χ1v) is 9.56. The molecule has 1 aliphatic heterocycles. The monoisotopic (exact) mass is 338 g/mol. The van der Waals surface area contributed by atoms with Gasteiger partial charge in [-0.3, -0.25) is 4.68 Å². The van der Waals surface area contributed by atoms with Crippen molar-refractivity contribution in [3.8, 4) is 0 Å². The van der Waals surface area contributed by atoms with E-state index in [-0.39, 0.29) is 35.2 Å². The molecule has 21 heavy (non-hydrogen) atoms. The van der Waals surface area contributed by atoms with Gasteiger partial charge in [0.1, 0.15) is 4.90 Å². The summed E-state index contributed by atoms with van der Waals surface area (Å²) in [6.45, 7) is -0.590. The highest BCUT2D eigenvalue weighted by molar-refractivity contribution is 7.92. The molecule has 0 bridgehead atoms. The number of aromatic nitrogens is 2. The molecule has 1 atom stereocenters. The maximum Gasteiger partial charge on any atom is 0.248 e. The largest absolute Gasteiger partial charge is 0.395 e. The fourth-order valence-corrected chi connectivity index (χ4v) is 5.97. The quantitative estimate of drug-likeness (QED) is 0.644. The van der Waals surface area contributed by atoms with E-state index >= 15 is 0 Å². The Morgan fingerprint density at radius 1 is 1.57 bits per heavy atom. The third kappa shape index (κ3) is 3.20. The van der Waals surface area contributed by atoms with Crippen LogP contribution in [0, 0.1) is 0 Å². The van der Waals surface area contributed by atoms with E-state index in [1.807, 2.05) is 0 Å². The lowest BCUT2D eigenvalue weighted by molar-refractivity contribution is 0.232. The average molecular weight is 338 g/mol. The maximum absolute atomic E-state index is 12.6. The van der Waals surface area contributed by atoms with Crippen LogP contribution in [-0.4, -0.2) is 66.7 Å². The summed E-state index contributed by atoms with van der Waals surface area (Å²) >= 11 is 0. The molecule has 3 N–H and O–H groups in total. The van der Waals surface area contributed by atoms with Crippen LogP contribution in [0.2, 0.25) is 0 Å². The summed E-state index contributed by atoms with van der Waals surface area (Å²) in [4.78, 5) is -0.178. The van der Waals surface area contributed by atoms with Crippen molar-refractivity contribution in [3.63, 3.8) is 0 Å². The third-order valence-electron chi connectivity index (χ3n) is 3.34. The molecular formula is C10H18N4O5S2. The number of hydrogen-bond acceptors (Lipinski definition) is 7.